The normalized spacial score (nSPS) is 10.6. The third-order valence-electron chi connectivity index (χ3n) is 1.66. The molecule has 12 heavy (non-hydrogen) atoms. The van der Waals surface area contributed by atoms with Crippen LogP contribution in [-0.4, -0.2) is 17.8 Å². The summed E-state index contributed by atoms with van der Waals surface area (Å²) in [4.78, 5) is 5.82. The van der Waals surface area contributed by atoms with Gasteiger partial charge in [-0.3, -0.25) is 0 Å². The molecule has 0 aliphatic rings. The third-order valence-corrected chi connectivity index (χ3v) is 3.86. The SMILES string of the molecule is CSc1nc(C)c(CCCN)s1. The minimum absolute atomic E-state index is 0.770. The first-order valence-corrected chi connectivity index (χ1v) is 6.02. The molecule has 0 radical (unpaired) electrons. The molecule has 0 amide bonds. The fourth-order valence-corrected chi connectivity index (χ4v) is 2.68. The van der Waals surface area contributed by atoms with Crippen LogP contribution in [0.1, 0.15) is 17.0 Å². The lowest BCUT2D eigenvalue weighted by Gasteiger charge is -1.93. The molecule has 0 unspecified atom stereocenters. The molecule has 68 valence electrons. The first-order valence-electron chi connectivity index (χ1n) is 3.98. The van der Waals surface area contributed by atoms with Crippen LogP contribution in [0.3, 0.4) is 0 Å². The van der Waals surface area contributed by atoms with Crippen molar-refractivity contribution in [2.75, 3.05) is 12.8 Å². The minimum Gasteiger partial charge on any atom is -0.330 e. The van der Waals surface area contributed by atoms with Gasteiger partial charge in [-0.1, -0.05) is 11.8 Å². The number of rotatable bonds is 4. The Morgan fingerprint density at radius 2 is 2.33 bits per heavy atom. The van der Waals surface area contributed by atoms with Crippen LogP contribution in [-0.2, 0) is 6.42 Å². The number of thiazole rings is 1. The smallest absolute Gasteiger partial charge is 0.150 e. The van der Waals surface area contributed by atoms with Crippen LogP contribution in [0.5, 0.6) is 0 Å². The van der Waals surface area contributed by atoms with Gasteiger partial charge in [0, 0.05) is 4.88 Å². The standard InChI is InChI=1S/C8H14N2S2/c1-6-7(4-3-5-9)12-8(10-6)11-2/h3-5,9H2,1-2H3. The van der Waals surface area contributed by atoms with Crippen LogP contribution in [0, 0.1) is 6.92 Å². The van der Waals surface area contributed by atoms with Crippen LogP contribution in [0.25, 0.3) is 0 Å². The van der Waals surface area contributed by atoms with Gasteiger partial charge in [0.15, 0.2) is 0 Å². The second kappa shape index (κ2) is 4.84. The van der Waals surface area contributed by atoms with E-state index in [9.17, 15) is 0 Å². The fraction of sp³-hybridized carbons (Fsp3) is 0.625. The van der Waals surface area contributed by atoms with Crippen molar-refractivity contribution in [3.8, 4) is 0 Å². The van der Waals surface area contributed by atoms with E-state index in [0.29, 0.717) is 0 Å². The molecule has 0 aliphatic carbocycles. The zero-order valence-electron chi connectivity index (χ0n) is 7.46. The summed E-state index contributed by atoms with van der Waals surface area (Å²) in [7, 11) is 0. The molecular weight excluding hydrogens is 188 g/mol. The minimum atomic E-state index is 0.770. The highest BCUT2D eigenvalue weighted by Gasteiger charge is 2.05. The van der Waals surface area contributed by atoms with Gasteiger partial charge in [-0.2, -0.15) is 0 Å². The Morgan fingerprint density at radius 1 is 1.58 bits per heavy atom. The second-order valence-electron chi connectivity index (χ2n) is 2.58. The molecular formula is C8H14N2S2. The topological polar surface area (TPSA) is 38.9 Å². The number of hydrogen-bond acceptors (Lipinski definition) is 4. The Kier molecular flexibility index (Phi) is 4.05. The Morgan fingerprint density at radius 3 is 2.83 bits per heavy atom. The summed E-state index contributed by atoms with van der Waals surface area (Å²) in [5.74, 6) is 0. The predicted molar refractivity (Wildman–Crippen MR) is 56.0 cm³/mol. The molecule has 1 rings (SSSR count). The summed E-state index contributed by atoms with van der Waals surface area (Å²) < 4.78 is 1.17. The maximum Gasteiger partial charge on any atom is 0.150 e. The molecule has 2 N–H and O–H groups in total. The van der Waals surface area contributed by atoms with E-state index in [1.54, 1.807) is 23.1 Å². The molecule has 0 aromatic carbocycles. The molecule has 0 atom stereocenters. The van der Waals surface area contributed by atoms with Crippen molar-refractivity contribution in [1.82, 2.24) is 4.98 Å². The lowest BCUT2D eigenvalue weighted by Crippen LogP contribution is -1.99. The van der Waals surface area contributed by atoms with E-state index >= 15 is 0 Å². The van der Waals surface area contributed by atoms with Crippen molar-refractivity contribution in [3.05, 3.63) is 10.6 Å². The van der Waals surface area contributed by atoms with Crippen LogP contribution in [0.4, 0.5) is 0 Å². The molecule has 0 saturated carbocycles. The zero-order valence-corrected chi connectivity index (χ0v) is 9.10. The van der Waals surface area contributed by atoms with Gasteiger partial charge in [-0.15, -0.1) is 11.3 Å². The van der Waals surface area contributed by atoms with Crippen molar-refractivity contribution < 1.29 is 0 Å². The van der Waals surface area contributed by atoms with Crippen molar-refractivity contribution in [2.24, 2.45) is 5.73 Å². The van der Waals surface area contributed by atoms with E-state index < -0.39 is 0 Å². The number of nitrogens with two attached hydrogens (primary N) is 1. The van der Waals surface area contributed by atoms with Gasteiger partial charge in [0.05, 0.1) is 5.69 Å². The monoisotopic (exact) mass is 202 g/mol. The van der Waals surface area contributed by atoms with Crippen molar-refractivity contribution in [3.63, 3.8) is 0 Å². The first kappa shape index (κ1) is 10.0. The van der Waals surface area contributed by atoms with Crippen LogP contribution >= 0.6 is 23.1 Å². The maximum absolute atomic E-state index is 5.44. The number of nitrogens with zero attached hydrogens (tertiary/aromatic N) is 1. The van der Waals surface area contributed by atoms with E-state index in [1.165, 1.54) is 14.9 Å². The second-order valence-corrected chi connectivity index (χ2v) is 4.72. The number of aromatic nitrogens is 1. The number of aryl methyl sites for hydroxylation is 2. The van der Waals surface area contributed by atoms with Crippen LogP contribution in [0.2, 0.25) is 0 Å². The summed E-state index contributed by atoms with van der Waals surface area (Å²) in [5.41, 5.74) is 6.62. The summed E-state index contributed by atoms with van der Waals surface area (Å²) >= 11 is 3.51. The van der Waals surface area contributed by atoms with E-state index in [-0.39, 0.29) is 0 Å². The molecule has 0 aliphatic heterocycles. The third kappa shape index (κ3) is 2.47. The highest BCUT2D eigenvalue weighted by Crippen LogP contribution is 2.25. The summed E-state index contributed by atoms with van der Waals surface area (Å²) in [6, 6.07) is 0. The van der Waals surface area contributed by atoms with Crippen LogP contribution in [0.15, 0.2) is 4.34 Å². The summed E-state index contributed by atoms with van der Waals surface area (Å²) in [6.07, 6.45) is 4.21. The Hall–Kier alpha value is -0.0600. The van der Waals surface area contributed by atoms with Crippen molar-refractivity contribution >= 4 is 23.1 Å². The molecule has 0 fully saturated rings. The summed E-state index contributed by atoms with van der Waals surface area (Å²) in [6.45, 7) is 2.84. The van der Waals surface area contributed by atoms with Crippen molar-refractivity contribution in [1.29, 1.82) is 0 Å². The van der Waals surface area contributed by atoms with Gasteiger partial charge >= 0.3 is 0 Å². The quantitative estimate of drug-likeness (QED) is 0.760. The molecule has 1 aromatic rings. The highest BCUT2D eigenvalue weighted by atomic mass is 32.2. The number of thioether (sulfide) groups is 1. The van der Waals surface area contributed by atoms with E-state index in [4.69, 9.17) is 5.73 Å². The molecule has 1 heterocycles. The molecule has 1 aromatic heterocycles. The van der Waals surface area contributed by atoms with E-state index in [1.807, 2.05) is 0 Å². The Labute approximate surface area is 81.6 Å². The molecule has 0 saturated heterocycles. The van der Waals surface area contributed by atoms with Gasteiger partial charge in [0.1, 0.15) is 4.34 Å². The molecule has 0 spiro atoms. The van der Waals surface area contributed by atoms with Crippen molar-refractivity contribution in [2.45, 2.75) is 24.1 Å². The fourth-order valence-electron chi connectivity index (χ4n) is 0.983. The molecule has 2 nitrogen and oxygen atoms in total. The number of hydrogen-bond donors (Lipinski definition) is 1. The Balaban J connectivity index is 2.64. The van der Waals surface area contributed by atoms with Gasteiger partial charge in [0.2, 0.25) is 0 Å². The van der Waals surface area contributed by atoms with E-state index in [0.717, 1.165) is 19.4 Å². The Bertz CT molecular complexity index is 245. The molecule has 0 bridgehead atoms. The van der Waals surface area contributed by atoms with Gasteiger partial charge < -0.3 is 5.73 Å². The lowest BCUT2D eigenvalue weighted by molar-refractivity contribution is 0.836. The lowest BCUT2D eigenvalue weighted by atomic mass is 10.2. The first-order chi connectivity index (χ1) is 5.77. The molecule has 4 heteroatoms. The largest absolute Gasteiger partial charge is 0.330 e. The average molecular weight is 202 g/mol. The van der Waals surface area contributed by atoms with E-state index in [2.05, 4.69) is 18.2 Å². The highest BCUT2D eigenvalue weighted by molar-refractivity contribution is 8.00. The average Bonchev–Trinajstić information content (AvgIpc) is 2.43. The van der Waals surface area contributed by atoms with Crippen LogP contribution < -0.4 is 5.73 Å². The summed E-state index contributed by atoms with van der Waals surface area (Å²) in [5, 5.41) is 0. The maximum atomic E-state index is 5.44. The predicted octanol–water partition coefficient (Wildman–Crippen LogP) is 2.06. The van der Waals surface area contributed by atoms with Gasteiger partial charge in [-0.05, 0) is 32.6 Å². The van der Waals surface area contributed by atoms with Gasteiger partial charge in [0.25, 0.3) is 0 Å². The zero-order chi connectivity index (χ0) is 8.97. The van der Waals surface area contributed by atoms with Gasteiger partial charge in [-0.25, -0.2) is 4.98 Å².